The van der Waals surface area contributed by atoms with Crippen LogP contribution in [0.2, 0.25) is 0 Å². The Morgan fingerprint density at radius 1 is 1.10 bits per heavy atom. The van der Waals surface area contributed by atoms with Gasteiger partial charge in [-0.05, 0) is 26.7 Å². The molecular formula is C16H31NO4. The average Bonchev–Trinajstić information content (AvgIpc) is 2.21. The summed E-state index contributed by atoms with van der Waals surface area (Å²) in [5.41, 5.74) is -1.10. The first-order chi connectivity index (χ1) is 9.24. The van der Waals surface area contributed by atoms with Gasteiger partial charge in [0.05, 0.1) is 12.1 Å². The van der Waals surface area contributed by atoms with Crippen molar-refractivity contribution in [1.29, 1.82) is 0 Å². The Balaban J connectivity index is 4.76. The number of rotatable bonds is 5. The molecule has 0 aromatic rings. The predicted octanol–water partition coefficient (Wildman–Crippen LogP) is 2.90. The van der Waals surface area contributed by atoms with E-state index in [4.69, 9.17) is 4.74 Å². The first kappa shape index (κ1) is 19.9. The predicted molar refractivity (Wildman–Crippen MR) is 83.1 cm³/mol. The highest BCUT2D eigenvalue weighted by Gasteiger charge is 2.31. The van der Waals surface area contributed by atoms with E-state index >= 15 is 0 Å². The van der Waals surface area contributed by atoms with Crippen LogP contribution < -0.4 is 5.32 Å². The fraction of sp³-hybridized carbons (Fsp3) is 0.875. The molecule has 0 saturated carbocycles. The number of ether oxygens (including phenoxy) is 1. The van der Waals surface area contributed by atoms with Crippen LogP contribution in [-0.2, 0) is 9.53 Å². The topological polar surface area (TPSA) is 75.6 Å². The summed E-state index contributed by atoms with van der Waals surface area (Å²) < 4.78 is 5.19. The molecule has 0 aliphatic carbocycles. The van der Waals surface area contributed by atoms with Crippen LogP contribution in [0.5, 0.6) is 0 Å². The molecule has 0 radical (unpaired) electrons. The summed E-state index contributed by atoms with van der Waals surface area (Å²) in [4.78, 5) is 23.8. The number of alkyl carbamates (subject to hydrolysis) is 1. The van der Waals surface area contributed by atoms with Gasteiger partial charge in [-0.2, -0.15) is 0 Å². The van der Waals surface area contributed by atoms with Gasteiger partial charge >= 0.3 is 6.09 Å². The van der Waals surface area contributed by atoms with Crippen molar-refractivity contribution in [3.63, 3.8) is 0 Å². The normalized spacial score (nSPS) is 15.5. The molecule has 0 fully saturated rings. The number of amides is 1. The summed E-state index contributed by atoms with van der Waals surface area (Å²) >= 11 is 0. The Hall–Kier alpha value is -1.10. The summed E-state index contributed by atoms with van der Waals surface area (Å²) in [5.74, 6) is -0.0491. The number of carbonyl (C=O) groups excluding carboxylic acids is 2. The minimum atomic E-state index is -0.927. The quantitative estimate of drug-likeness (QED) is 0.818. The molecule has 5 heteroatoms. The van der Waals surface area contributed by atoms with Gasteiger partial charge in [0.2, 0.25) is 0 Å². The first-order valence-corrected chi connectivity index (χ1v) is 7.45. The van der Waals surface area contributed by atoms with E-state index in [0.29, 0.717) is 0 Å². The lowest BCUT2D eigenvalue weighted by molar-refractivity contribution is -0.128. The Labute approximate surface area is 128 Å². The van der Waals surface area contributed by atoms with E-state index in [2.05, 4.69) is 5.32 Å². The molecule has 1 amide bonds. The minimum absolute atomic E-state index is 0.0136. The van der Waals surface area contributed by atoms with E-state index in [1.54, 1.807) is 20.8 Å². The number of ketones is 1. The number of nitrogens with one attached hydrogen (secondary N) is 1. The van der Waals surface area contributed by atoms with Crippen LogP contribution in [0.3, 0.4) is 0 Å². The Morgan fingerprint density at radius 2 is 1.57 bits per heavy atom. The summed E-state index contributed by atoms with van der Waals surface area (Å²) in [6.07, 6.45) is -1.49. The molecule has 0 aliphatic rings. The van der Waals surface area contributed by atoms with Crippen LogP contribution in [0, 0.1) is 11.3 Å². The number of hydrogen-bond donors (Lipinski definition) is 2. The maximum atomic E-state index is 12.0. The van der Waals surface area contributed by atoms with Gasteiger partial charge in [-0.1, -0.05) is 34.6 Å². The highest BCUT2D eigenvalue weighted by atomic mass is 16.6. The zero-order valence-electron chi connectivity index (χ0n) is 14.6. The lowest BCUT2D eigenvalue weighted by atomic mass is 9.85. The second-order valence-corrected chi connectivity index (χ2v) is 7.86. The molecule has 0 bridgehead atoms. The van der Waals surface area contributed by atoms with E-state index in [-0.39, 0.29) is 18.1 Å². The second-order valence-electron chi connectivity index (χ2n) is 7.86. The van der Waals surface area contributed by atoms with Gasteiger partial charge in [-0.3, -0.25) is 4.79 Å². The largest absolute Gasteiger partial charge is 0.444 e. The van der Waals surface area contributed by atoms with Crippen molar-refractivity contribution in [1.82, 2.24) is 5.32 Å². The number of aliphatic hydroxyl groups excluding tert-OH is 1. The third-order valence-corrected chi connectivity index (χ3v) is 3.05. The molecule has 21 heavy (non-hydrogen) atoms. The average molecular weight is 301 g/mol. The molecule has 0 saturated heterocycles. The SMILES string of the molecule is CC(C)[C@H](NC(=O)OC(C)(C)C)C(O)CC(=O)C(C)(C)C. The smallest absolute Gasteiger partial charge is 0.407 e. The third-order valence-electron chi connectivity index (χ3n) is 3.05. The van der Waals surface area contributed by atoms with Crippen LogP contribution in [0.25, 0.3) is 0 Å². The summed E-state index contributed by atoms with van der Waals surface area (Å²) in [5, 5.41) is 12.9. The molecule has 5 nitrogen and oxygen atoms in total. The number of Topliss-reactive ketones (excluding diaryl/α,β-unsaturated/α-hetero) is 1. The first-order valence-electron chi connectivity index (χ1n) is 7.45. The van der Waals surface area contributed by atoms with E-state index in [1.807, 2.05) is 34.6 Å². The van der Waals surface area contributed by atoms with Crippen LogP contribution in [0.1, 0.15) is 61.8 Å². The lowest BCUT2D eigenvalue weighted by Gasteiger charge is -2.30. The van der Waals surface area contributed by atoms with Crippen molar-refractivity contribution >= 4 is 11.9 Å². The molecule has 0 aromatic heterocycles. The molecular weight excluding hydrogens is 270 g/mol. The Morgan fingerprint density at radius 3 is 1.90 bits per heavy atom. The molecule has 2 N–H and O–H groups in total. The zero-order chi connectivity index (χ0) is 17.0. The Kier molecular flexibility index (Phi) is 6.87. The lowest BCUT2D eigenvalue weighted by Crippen LogP contribution is -2.49. The van der Waals surface area contributed by atoms with Crippen LogP contribution in [-0.4, -0.2) is 34.7 Å². The van der Waals surface area contributed by atoms with Crippen molar-refractivity contribution in [3.8, 4) is 0 Å². The maximum absolute atomic E-state index is 12.0. The molecule has 124 valence electrons. The van der Waals surface area contributed by atoms with Crippen molar-refractivity contribution in [3.05, 3.63) is 0 Å². The van der Waals surface area contributed by atoms with E-state index in [0.717, 1.165) is 0 Å². The van der Waals surface area contributed by atoms with Crippen LogP contribution in [0.4, 0.5) is 4.79 Å². The molecule has 0 heterocycles. The van der Waals surface area contributed by atoms with Crippen molar-refractivity contribution in [2.24, 2.45) is 11.3 Å². The summed E-state index contributed by atoms with van der Waals surface area (Å²) in [6, 6.07) is -0.522. The van der Waals surface area contributed by atoms with Gasteiger partial charge in [0, 0.05) is 11.8 Å². The fourth-order valence-corrected chi connectivity index (χ4v) is 1.77. The van der Waals surface area contributed by atoms with E-state index in [1.165, 1.54) is 0 Å². The Bertz CT molecular complexity index is 363. The molecule has 0 aromatic carbocycles. The minimum Gasteiger partial charge on any atom is -0.444 e. The monoisotopic (exact) mass is 301 g/mol. The second kappa shape index (κ2) is 7.25. The zero-order valence-corrected chi connectivity index (χ0v) is 14.6. The molecule has 0 spiro atoms. The number of hydrogen-bond acceptors (Lipinski definition) is 4. The van der Waals surface area contributed by atoms with Gasteiger partial charge < -0.3 is 15.2 Å². The van der Waals surface area contributed by atoms with Gasteiger partial charge in [0.25, 0.3) is 0 Å². The molecule has 2 atom stereocenters. The summed E-state index contributed by atoms with van der Waals surface area (Å²) in [6.45, 7) is 14.5. The van der Waals surface area contributed by atoms with Gasteiger partial charge in [0.1, 0.15) is 11.4 Å². The summed E-state index contributed by atoms with van der Waals surface area (Å²) in [7, 11) is 0. The fourth-order valence-electron chi connectivity index (χ4n) is 1.77. The third kappa shape index (κ3) is 8.05. The van der Waals surface area contributed by atoms with E-state index < -0.39 is 29.3 Å². The molecule has 1 unspecified atom stereocenters. The van der Waals surface area contributed by atoms with E-state index in [9.17, 15) is 14.7 Å². The maximum Gasteiger partial charge on any atom is 0.407 e. The molecule has 0 rings (SSSR count). The van der Waals surface area contributed by atoms with Crippen molar-refractivity contribution in [2.75, 3.05) is 0 Å². The van der Waals surface area contributed by atoms with Crippen molar-refractivity contribution in [2.45, 2.75) is 79.6 Å². The molecule has 0 aliphatic heterocycles. The number of aliphatic hydroxyl groups is 1. The van der Waals surface area contributed by atoms with Crippen LogP contribution in [0.15, 0.2) is 0 Å². The standard InChI is InChI=1S/C16H31NO4/c1-10(2)13(17-14(20)21-16(6,7)8)11(18)9-12(19)15(3,4)5/h10-11,13,18H,9H2,1-8H3,(H,17,20)/t11?,13-/m0/s1. The van der Waals surface area contributed by atoms with Crippen LogP contribution >= 0.6 is 0 Å². The highest BCUT2D eigenvalue weighted by Crippen LogP contribution is 2.20. The van der Waals surface area contributed by atoms with Gasteiger partial charge in [-0.15, -0.1) is 0 Å². The van der Waals surface area contributed by atoms with Gasteiger partial charge in [0.15, 0.2) is 0 Å². The number of carbonyl (C=O) groups is 2. The van der Waals surface area contributed by atoms with Crippen molar-refractivity contribution < 1.29 is 19.4 Å². The van der Waals surface area contributed by atoms with Gasteiger partial charge in [-0.25, -0.2) is 4.79 Å². The highest BCUT2D eigenvalue weighted by molar-refractivity contribution is 5.84.